The van der Waals surface area contributed by atoms with Crippen LogP contribution in [0.15, 0.2) is 12.2 Å². The minimum absolute atomic E-state index is 0.00694. The Kier molecular flexibility index (Phi) is 3.06. The van der Waals surface area contributed by atoms with Crippen LogP contribution >= 0.6 is 0 Å². The van der Waals surface area contributed by atoms with Gasteiger partial charge in [0.15, 0.2) is 0 Å². The van der Waals surface area contributed by atoms with E-state index in [0.29, 0.717) is 6.54 Å². The van der Waals surface area contributed by atoms with Gasteiger partial charge in [0, 0.05) is 12.5 Å². The van der Waals surface area contributed by atoms with Gasteiger partial charge in [-0.2, -0.15) is 0 Å². The van der Waals surface area contributed by atoms with Crippen molar-refractivity contribution in [1.82, 2.24) is 0 Å². The molecule has 0 saturated carbocycles. The SMILES string of the molecule is C=C(C)[C@H](CN)C(C)(C)O. The fourth-order valence-corrected chi connectivity index (χ4v) is 1.09. The van der Waals surface area contributed by atoms with Crippen LogP contribution in [0, 0.1) is 5.92 Å². The maximum absolute atomic E-state index is 9.51. The summed E-state index contributed by atoms with van der Waals surface area (Å²) in [6.07, 6.45) is 0. The first-order valence-electron chi connectivity index (χ1n) is 3.47. The van der Waals surface area contributed by atoms with Crippen LogP contribution in [0.2, 0.25) is 0 Å². The second-order valence-corrected chi connectivity index (χ2v) is 3.29. The Morgan fingerprint density at radius 1 is 1.70 bits per heavy atom. The van der Waals surface area contributed by atoms with E-state index >= 15 is 0 Å². The molecule has 0 rings (SSSR count). The van der Waals surface area contributed by atoms with Crippen LogP contribution < -0.4 is 5.73 Å². The summed E-state index contributed by atoms with van der Waals surface area (Å²) in [5.41, 5.74) is 5.64. The standard InChI is InChI=1S/C8H17NO/c1-6(2)7(5-9)8(3,4)10/h7,10H,1,5,9H2,2-4H3/t7-/m0/s1. The molecule has 0 aliphatic heterocycles. The van der Waals surface area contributed by atoms with E-state index in [9.17, 15) is 5.11 Å². The fraction of sp³-hybridized carbons (Fsp3) is 0.750. The highest BCUT2D eigenvalue weighted by Gasteiger charge is 2.25. The molecule has 3 N–H and O–H groups in total. The minimum atomic E-state index is -0.736. The van der Waals surface area contributed by atoms with E-state index in [-0.39, 0.29) is 5.92 Å². The van der Waals surface area contributed by atoms with Crippen molar-refractivity contribution in [2.75, 3.05) is 6.54 Å². The van der Waals surface area contributed by atoms with Gasteiger partial charge in [-0.1, -0.05) is 12.2 Å². The predicted octanol–water partition coefficient (Wildman–Crippen LogP) is 0.908. The Morgan fingerprint density at radius 2 is 2.10 bits per heavy atom. The summed E-state index contributed by atoms with van der Waals surface area (Å²) >= 11 is 0. The fourth-order valence-electron chi connectivity index (χ4n) is 1.09. The number of hydrogen-bond donors (Lipinski definition) is 2. The zero-order valence-electron chi connectivity index (χ0n) is 7.02. The molecular formula is C8H17NO. The molecule has 0 aromatic heterocycles. The van der Waals surface area contributed by atoms with E-state index < -0.39 is 5.60 Å². The molecule has 0 spiro atoms. The maximum atomic E-state index is 9.51. The van der Waals surface area contributed by atoms with Crippen LogP contribution in [-0.4, -0.2) is 17.3 Å². The molecule has 0 unspecified atom stereocenters. The van der Waals surface area contributed by atoms with E-state index in [4.69, 9.17) is 5.73 Å². The van der Waals surface area contributed by atoms with Crippen molar-refractivity contribution in [3.8, 4) is 0 Å². The third-order valence-electron chi connectivity index (χ3n) is 1.68. The molecule has 10 heavy (non-hydrogen) atoms. The summed E-state index contributed by atoms with van der Waals surface area (Å²) in [5.74, 6) is 0.00694. The smallest absolute Gasteiger partial charge is 0.0668 e. The monoisotopic (exact) mass is 143 g/mol. The number of hydrogen-bond acceptors (Lipinski definition) is 2. The molecule has 0 radical (unpaired) electrons. The Bertz CT molecular complexity index is 124. The lowest BCUT2D eigenvalue weighted by molar-refractivity contribution is 0.0361. The summed E-state index contributed by atoms with van der Waals surface area (Å²) < 4.78 is 0. The van der Waals surface area contributed by atoms with Crippen molar-refractivity contribution >= 4 is 0 Å². The molecule has 2 heteroatoms. The molecule has 0 aliphatic carbocycles. The summed E-state index contributed by atoms with van der Waals surface area (Å²) in [4.78, 5) is 0. The second kappa shape index (κ2) is 3.17. The van der Waals surface area contributed by atoms with E-state index in [1.807, 2.05) is 6.92 Å². The topological polar surface area (TPSA) is 46.2 Å². The van der Waals surface area contributed by atoms with Crippen molar-refractivity contribution < 1.29 is 5.11 Å². The molecule has 0 aliphatic rings. The zero-order chi connectivity index (χ0) is 8.36. The maximum Gasteiger partial charge on any atom is 0.0668 e. The first-order valence-corrected chi connectivity index (χ1v) is 3.47. The van der Waals surface area contributed by atoms with Crippen molar-refractivity contribution in [3.05, 3.63) is 12.2 Å². The summed E-state index contributed by atoms with van der Waals surface area (Å²) in [7, 11) is 0. The lowest BCUT2D eigenvalue weighted by Crippen LogP contribution is -2.36. The van der Waals surface area contributed by atoms with Crippen molar-refractivity contribution in [3.63, 3.8) is 0 Å². The molecule has 0 heterocycles. The van der Waals surface area contributed by atoms with Gasteiger partial charge in [-0.15, -0.1) is 0 Å². The molecule has 1 atom stereocenters. The zero-order valence-corrected chi connectivity index (χ0v) is 7.02. The number of aliphatic hydroxyl groups is 1. The van der Waals surface area contributed by atoms with Gasteiger partial charge in [0.2, 0.25) is 0 Å². The lowest BCUT2D eigenvalue weighted by atomic mass is 9.86. The lowest BCUT2D eigenvalue weighted by Gasteiger charge is -2.28. The van der Waals surface area contributed by atoms with Gasteiger partial charge in [0.05, 0.1) is 5.60 Å². The van der Waals surface area contributed by atoms with Gasteiger partial charge in [-0.25, -0.2) is 0 Å². The van der Waals surface area contributed by atoms with Gasteiger partial charge in [-0.05, 0) is 20.8 Å². The molecule has 2 nitrogen and oxygen atoms in total. The van der Waals surface area contributed by atoms with Crippen LogP contribution in [0.5, 0.6) is 0 Å². The van der Waals surface area contributed by atoms with Crippen LogP contribution in [0.3, 0.4) is 0 Å². The summed E-state index contributed by atoms with van der Waals surface area (Å²) in [6.45, 7) is 9.59. The Hall–Kier alpha value is -0.340. The average molecular weight is 143 g/mol. The third-order valence-corrected chi connectivity index (χ3v) is 1.68. The van der Waals surface area contributed by atoms with Crippen LogP contribution in [0.4, 0.5) is 0 Å². The predicted molar refractivity (Wildman–Crippen MR) is 43.7 cm³/mol. The van der Waals surface area contributed by atoms with E-state index in [1.165, 1.54) is 0 Å². The molecule has 0 aromatic rings. The van der Waals surface area contributed by atoms with Gasteiger partial charge < -0.3 is 10.8 Å². The molecule has 0 amide bonds. The molecule has 0 saturated heterocycles. The van der Waals surface area contributed by atoms with Crippen molar-refractivity contribution in [1.29, 1.82) is 0 Å². The molecule has 60 valence electrons. The second-order valence-electron chi connectivity index (χ2n) is 3.29. The summed E-state index contributed by atoms with van der Waals surface area (Å²) in [5, 5.41) is 9.51. The molecule has 0 fully saturated rings. The Labute approximate surface area is 62.7 Å². The van der Waals surface area contributed by atoms with Gasteiger partial charge >= 0.3 is 0 Å². The van der Waals surface area contributed by atoms with E-state index in [0.717, 1.165) is 5.57 Å². The highest BCUT2D eigenvalue weighted by atomic mass is 16.3. The van der Waals surface area contributed by atoms with Crippen LogP contribution in [0.25, 0.3) is 0 Å². The first-order chi connectivity index (χ1) is 4.39. The largest absolute Gasteiger partial charge is 0.390 e. The van der Waals surface area contributed by atoms with Crippen molar-refractivity contribution in [2.45, 2.75) is 26.4 Å². The highest BCUT2D eigenvalue weighted by Crippen LogP contribution is 2.21. The first kappa shape index (κ1) is 9.66. The third kappa shape index (κ3) is 2.50. The van der Waals surface area contributed by atoms with Crippen molar-refractivity contribution in [2.24, 2.45) is 11.7 Å². The summed E-state index contributed by atoms with van der Waals surface area (Å²) in [6, 6.07) is 0. The van der Waals surface area contributed by atoms with Gasteiger partial charge in [0.25, 0.3) is 0 Å². The number of nitrogens with two attached hydrogens (primary N) is 1. The van der Waals surface area contributed by atoms with E-state index in [2.05, 4.69) is 6.58 Å². The average Bonchev–Trinajstić information content (AvgIpc) is 1.60. The number of rotatable bonds is 3. The highest BCUT2D eigenvalue weighted by molar-refractivity contribution is 5.03. The van der Waals surface area contributed by atoms with E-state index in [1.54, 1.807) is 13.8 Å². The van der Waals surface area contributed by atoms with Crippen LogP contribution in [-0.2, 0) is 0 Å². The van der Waals surface area contributed by atoms with Gasteiger partial charge in [-0.3, -0.25) is 0 Å². The van der Waals surface area contributed by atoms with Crippen LogP contribution in [0.1, 0.15) is 20.8 Å². The quantitative estimate of drug-likeness (QED) is 0.577. The molecular weight excluding hydrogens is 126 g/mol. The Balaban J connectivity index is 4.22. The Morgan fingerprint density at radius 3 is 2.10 bits per heavy atom. The van der Waals surface area contributed by atoms with Gasteiger partial charge in [0.1, 0.15) is 0 Å². The molecule has 0 bridgehead atoms. The minimum Gasteiger partial charge on any atom is -0.390 e. The normalized spacial score (nSPS) is 14.9. The molecule has 0 aromatic carbocycles.